The van der Waals surface area contributed by atoms with Crippen molar-refractivity contribution in [1.29, 1.82) is 0 Å². The van der Waals surface area contributed by atoms with E-state index in [1.807, 2.05) is 11.8 Å². The highest BCUT2D eigenvalue weighted by molar-refractivity contribution is 9.10. The van der Waals surface area contributed by atoms with E-state index in [0.29, 0.717) is 5.92 Å². The lowest BCUT2D eigenvalue weighted by Crippen LogP contribution is -2.42. The molecule has 3 unspecified atom stereocenters. The summed E-state index contributed by atoms with van der Waals surface area (Å²) in [6.07, 6.45) is 3.40. The highest BCUT2D eigenvalue weighted by Crippen LogP contribution is 2.43. The average Bonchev–Trinajstić information content (AvgIpc) is 2.87. The van der Waals surface area contributed by atoms with Crippen molar-refractivity contribution in [2.45, 2.75) is 30.9 Å². The zero-order valence-corrected chi connectivity index (χ0v) is 13.4. The van der Waals surface area contributed by atoms with E-state index in [0.717, 1.165) is 29.7 Å². The van der Waals surface area contributed by atoms with Crippen molar-refractivity contribution in [1.82, 2.24) is 0 Å². The molecule has 0 amide bonds. The fraction of sp³-hybridized carbons (Fsp3) is 0.600. The van der Waals surface area contributed by atoms with Gasteiger partial charge in [0.15, 0.2) is 0 Å². The van der Waals surface area contributed by atoms with Gasteiger partial charge in [-0.2, -0.15) is 11.8 Å². The summed E-state index contributed by atoms with van der Waals surface area (Å²) < 4.78 is 7.19. The third-order valence-corrected chi connectivity index (χ3v) is 6.11. The van der Waals surface area contributed by atoms with E-state index in [4.69, 9.17) is 10.5 Å². The molecule has 2 heterocycles. The van der Waals surface area contributed by atoms with Crippen LogP contribution in [0.15, 0.2) is 28.7 Å². The van der Waals surface area contributed by atoms with Crippen molar-refractivity contribution < 1.29 is 4.74 Å². The van der Waals surface area contributed by atoms with Gasteiger partial charge in [-0.25, -0.2) is 0 Å². The summed E-state index contributed by atoms with van der Waals surface area (Å²) in [4.78, 5) is 0. The molecule has 1 aromatic carbocycles. The van der Waals surface area contributed by atoms with E-state index in [-0.39, 0.29) is 11.6 Å². The highest BCUT2D eigenvalue weighted by Gasteiger charge is 2.42. The first-order chi connectivity index (χ1) is 9.19. The maximum Gasteiger partial charge on any atom is 0.0783 e. The van der Waals surface area contributed by atoms with Crippen LogP contribution in [0.1, 0.15) is 30.9 Å². The summed E-state index contributed by atoms with van der Waals surface area (Å²) in [7, 11) is 0. The van der Waals surface area contributed by atoms with Gasteiger partial charge in [-0.05, 0) is 48.6 Å². The third kappa shape index (κ3) is 3.02. The molecule has 2 saturated heterocycles. The Balaban J connectivity index is 1.72. The van der Waals surface area contributed by atoms with Gasteiger partial charge in [-0.1, -0.05) is 28.1 Å². The number of ether oxygens (including phenoxy) is 1. The molecule has 19 heavy (non-hydrogen) atoms. The fourth-order valence-electron chi connectivity index (χ4n) is 3.19. The normalized spacial score (nSPS) is 32.6. The minimum Gasteiger partial charge on any atom is -0.374 e. The second-order valence-electron chi connectivity index (χ2n) is 5.66. The average molecular weight is 342 g/mol. The Morgan fingerprint density at radius 3 is 2.84 bits per heavy atom. The molecule has 104 valence electrons. The number of hydrogen-bond acceptors (Lipinski definition) is 3. The monoisotopic (exact) mass is 341 g/mol. The van der Waals surface area contributed by atoms with Crippen LogP contribution in [-0.4, -0.2) is 23.7 Å². The number of thioether (sulfide) groups is 1. The quantitative estimate of drug-likeness (QED) is 0.889. The second-order valence-corrected chi connectivity index (χ2v) is 7.69. The molecular formula is C15H20BrNOS. The molecule has 0 radical (unpaired) electrons. The molecule has 2 aliphatic rings. The first kappa shape index (κ1) is 13.9. The molecule has 1 spiro atoms. The van der Waals surface area contributed by atoms with Gasteiger partial charge < -0.3 is 10.5 Å². The van der Waals surface area contributed by atoms with E-state index in [9.17, 15) is 0 Å². The Morgan fingerprint density at radius 2 is 2.16 bits per heavy atom. The van der Waals surface area contributed by atoms with Gasteiger partial charge in [0.05, 0.1) is 5.60 Å². The summed E-state index contributed by atoms with van der Waals surface area (Å²) in [5.41, 5.74) is 7.86. The molecule has 2 nitrogen and oxygen atoms in total. The molecular weight excluding hydrogens is 322 g/mol. The Hall–Kier alpha value is -0.0300. The van der Waals surface area contributed by atoms with E-state index in [1.54, 1.807) is 0 Å². The minimum atomic E-state index is 0.126. The first-order valence-electron chi connectivity index (χ1n) is 6.91. The Labute approximate surface area is 127 Å². The predicted octanol–water partition coefficient (Wildman–Crippen LogP) is 3.75. The molecule has 0 aliphatic carbocycles. The molecule has 2 aliphatic heterocycles. The maximum absolute atomic E-state index is 6.49. The van der Waals surface area contributed by atoms with Crippen LogP contribution in [0.5, 0.6) is 0 Å². The van der Waals surface area contributed by atoms with Gasteiger partial charge in [0, 0.05) is 22.9 Å². The molecule has 1 aromatic rings. The molecule has 0 bridgehead atoms. The Kier molecular flexibility index (Phi) is 4.22. The van der Waals surface area contributed by atoms with Crippen LogP contribution in [-0.2, 0) is 4.74 Å². The Bertz CT molecular complexity index is 430. The highest BCUT2D eigenvalue weighted by atomic mass is 79.9. The molecule has 0 aromatic heterocycles. The SMILES string of the molecule is NC(c1ccc(Br)cc1)C1CCOC2(CCSC2)C1. The second kappa shape index (κ2) is 5.76. The van der Waals surface area contributed by atoms with Crippen LogP contribution in [0.4, 0.5) is 0 Å². The van der Waals surface area contributed by atoms with Crippen LogP contribution in [0, 0.1) is 5.92 Å². The van der Waals surface area contributed by atoms with Crippen molar-refractivity contribution in [2.75, 3.05) is 18.1 Å². The zero-order valence-electron chi connectivity index (χ0n) is 11.0. The summed E-state index contributed by atoms with van der Waals surface area (Å²) >= 11 is 5.49. The van der Waals surface area contributed by atoms with E-state index in [2.05, 4.69) is 40.2 Å². The van der Waals surface area contributed by atoms with Crippen molar-refractivity contribution in [3.63, 3.8) is 0 Å². The number of nitrogens with two attached hydrogens (primary N) is 1. The topological polar surface area (TPSA) is 35.2 Å². The van der Waals surface area contributed by atoms with E-state index >= 15 is 0 Å². The van der Waals surface area contributed by atoms with E-state index < -0.39 is 0 Å². The molecule has 3 atom stereocenters. The van der Waals surface area contributed by atoms with Crippen molar-refractivity contribution >= 4 is 27.7 Å². The lowest BCUT2D eigenvalue weighted by atomic mass is 9.79. The molecule has 2 N–H and O–H groups in total. The minimum absolute atomic E-state index is 0.126. The van der Waals surface area contributed by atoms with Crippen LogP contribution in [0.2, 0.25) is 0 Å². The van der Waals surface area contributed by atoms with Gasteiger partial charge in [-0.15, -0.1) is 0 Å². The van der Waals surface area contributed by atoms with E-state index in [1.165, 1.54) is 17.7 Å². The summed E-state index contributed by atoms with van der Waals surface area (Å²) in [6.45, 7) is 0.870. The van der Waals surface area contributed by atoms with Gasteiger partial charge in [0.1, 0.15) is 0 Å². The van der Waals surface area contributed by atoms with Gasteiger partial charge in [0.2, 0.25) is 0 Å². The number of benzene rings is 1. The number of halogens is 1. The predicted molar refractivity (Wildman–Crippen MR) is 84.4 cm³/mol. The fourth-order valence-corrected chi connectivity index (χ4v) is 4.84. The van der Waals surface area contributed by atoms with Crippen LogP contribution >= 0.6 is 27.7 Å². The number of rotatable bonds is 2. The lowest BCUT2D eigenvalue weighted by Gasteiger charge is -2.40. The third-order valence-electron chi connectivity index (χ3n) is 4.36. The van der Waals surface area contributed by atoms with Gasteiger partial charge in [0.25, 0.3) is 0 Å². The van der Waals surface area contributed by atoms with Gasteiger partial charge in [-0.3, -0.25) is 0 Å². The van der Waals surface area contributed by atoms with Crippen LogP contribution in [0.25, 0.3) is 0 Å². The standard InChI is InChI=1S/C15H20BrNOS/c16-13-3-1-11(2-4-13)14(17)12-5-7-18-15(9-12)6-8-19-10-15/h1-4,12,14H,5-10,17H2. The molecule has 2 fully saturated rings. The Morgan fingerprint density at radius 1 is 1.37 bits per heavy atom. The summed E-state index contributed by atoms with van der Waals surface area (Å²) in [5, 5.41) is 0. The summed E-state index contributed by atoms with van der Waals surface area (Å²) in [6, 6.07) is 8.57. The van der Waals surface area contributed by atoms with Crippen molar-refractivity contribution in [3.8, 4) is 0 Å². The van der Waals surface area contributed by atoms with Gasteiger partial charge >= 0.3 is 0 Å². The molecule has 3 rings (SSSR count). The maximum atomic E-state index is 6.49. The first-order valence-corrected chi connectivity index (χ1v) is 8.86. The van der Waals surface area contributed by atoms with Crippen molar-refractivity contribution in [2.24, 2.45) is 11.7 Å². The lowest BCUT2D eigenvalue weighted by molar-refractivity contribution is -0.0834. The molecule has 0 saturated carbocycles. The van der Waals surface area contributed by atoms with Crippen molar-refractivity contribution in [3.05, 3.63) is 34.3 Å². The number of hydrogen-bond donors (Lipinski definition) is 1. The molecule has 4 heteroatoms. The smallest absolute Gasteiger partial charge is 0.0783 e. The van der Waals surface area contributed by atoms with Crippen LogP contribution in [0.3, 0.4) is 0 Å². The van der Waals surface area contributed by atoms with Crippen LogP contribution < -0.4 is 5.73 Å². The largest absolute Gasteiger partial charge is 0.374 e. The zero-order chi connectivity index (χ0) is 13.3. The summed E-state index contributed by atoms with van der Waals surface area (Å²) in [5.74, 6) is 2.94.